The van der Waals surface area contributed by atoms with Crippen LogP contribution in [0.15, 0.2) is 30.3 Å². The molecule has 1 nitrogen and oxygen atoms in total. The van der Waals surface area contributed by atoms with Crippen LogP contribution >= 0.6 is 11.3 Å². The fourth-order valence-corrected chi connectivity index (χ4v) is 5.04. The summed E-state index contributed by atoms with van der Waals surface area (Å²) < 4.78 is 1.42. The third-order valence-electron chi connectivity index (χ3n) is 4.93. The summed E-state index contributed by atoms with van der Waals surface area (Å²) in [5, 5.41) is 5.00. The van der Waals surface area contributed by atoms with Gasteiger partial charge >= 0.3 is 0 Å². The van der Waals surface area contributed by atoms with Crippen molar-refractivity contribution in [3.63, 3.8) is 0 Å². The smallest absolute Gasteiger partial charge is 0.0441 e. The summed E-state index contributed by atoms with van der Waals surface area (Å²) in [5.74, 6) is 1.76. The number of nitrogens with one attached hydrogen (secondary N) is 1. The second kappa shape index (κ2) is 6.28. The van der Waals surface area contributed by atoms with E-state index in [0.29, 0.717) is 6.04 Å². The van der Waals surface area contributed by atoms with Crippen LogP contribution in [0.25, 0.3) is 10.1 Å². The predicted octanol–water partition coefficient (Wildman–Crippen LogP) is 5.38. The van der Waals surface area contributed by atoms with Crippen molar-refractivity contribution in [2.75, 3.05) is 7.05 Å². The Hall–Kier alpha value is -0.860. The van der Waals surface area contributed by atoms with Crippen LogP contribution < -0.4 is 5.32 Å². The van der Waals surface area contributed by atoms with Crippen molar-refractivity contribution in [3.8, 4) is 0 Å². The van der Waals surface area contributed by atoms with Crippen LogP contribution in [0.2, 0.25) is 0 Å². The minimum Gasteiger partial charge on any atom is -0.312 e. The Balaban J connectivity index is 1.85. The highest BCUT2D eigenvalue weighted by Gasteiger charge is 2.28. The Morgan fingerprint density at radius 2 is 2.15 bits per heavy atom. The van der Waals surface area contributed by atoms with Gasteiger partial charge in [-0.15, -0.1) is 11.3 Å². The lowest BCUT2D eigenvalue weighted by atomic mass is 9.76. The molecule has 1 aliphatic carbocycles. The molecule has 0 radical (unpaired) electrons. The summed E-state index contributed by atoms with van der Waals surface area (Å²) in [6.45, 7) is 2.35. The quantitative estimate of drug-likeness (QED) is 0.796. The fourth-order valence-electron chi connectivity index (χ4n) is 3.77. The van der Waals surface area contributed by atoms with Gasteiger partial charge in [-0.3, -0.25) is 0 Å². The molecule has 1 N–H and O–H groups in total. The zero-order valence-corrected chi connectivity index (χ0v) is 13.4. The van der Waals surface area contributed by atoms with Gasteiger partial charge < -0.3 is 5.32 Å². The lowest BCUT2D eigenvalue weighted by Crippen LogP contribution is -2.28. The molecule has 0 saturated heterocycles. The van der Waals surface area contributed by atoms with Crippen molar-refractivity contribution in [2.45, 2.75) is 45.1 Å². The van der Waals surface area contributed by atoms with Gasteiger partial charge in [-0.25, -0.2) is 0 Å². The van der Waals surface area contributed by atoms with Crippen molar-refractivity contribution >= 4 is 21.4 Å². The number of hydrogen-bond donors (Lipinski definition) is 1. The molecule has 0 bridgehead atoms. The number of rotatable bonds is 4. The molecule has 1 heterocycles. The maximum atomic E-state index is 3.60. The van der Waals surface area contributed by atoms with Crippen molar-refractivity contribution < 1.29 is 0 Å². The first-order chi connectivity index (χ1) is 9.81. The Morgan fingerprint density at radius 1 is 1.30 bits per heavy atom. The van der Waals surface area contributed by atoms with E-state index in [1.165, 1.54) is 47.1 Å². The first kappa shape index (κ1) is 14.1. The van der Waals surface area contributed by atoms with Crippen molar-refractivity contribution in [1.29, 1.82) is 0 Å². The molecule has 0 amide bonds. The summed E-state index contributed by atoms with van der Waals surface area (Å²) in [7, 11) is 2.13. The van der Waals surface area contributed by atoms with Gasteiger partial charge in [0, 0.05) is 15.6 Å². The second-order valence-electron chi connectivity index (χ2n) is 6.15. The highest BCUT2D eigenvalue weighted by atomic mass is 32.1. The number of benzene rings is 1. The van der Waals surface area contributed by atoms with Gasteiger partial charge in [0.1, 0.15) is 0 Å². The standard InChI is InChI=1S/C18H25NS/c1-3-13-7-6-9-15(11-13)18(19-2)17-12-14-8-4-5-10-16(14)20-17/h4-5,8,10,12-13,15,18-19H,3,6-7,9,11H2,1-2H3. The van der Waals surface area contributed by atoms with Crippen LogP contribution in [0.3, 0.4) is 0 Å². The lowest BCUT2D eigenvalue weighted by molar-refractivity contribution is 0.216. The van der Waals surface area contributed by atoms with E-state index in [2.05, 4.69) is 49.6 Å². The molecular weight excluding hydrogens is 262 g/mol. The second-order valence-corrected chi connectivity index (χ2v) is 7.27. The molecule has 3 unspecified atom stereocenters. The summed E-state index contributed by atoms with van der Waals surface area (Å²) in [6, 6.07) is 11.7. The minimum absolute atomic E-state index is 0.543. The average Bonchev–Trinajstić information content (AvgIpc) is 2.91. The van der Waals surface area contributed by atoms with Gasteiger partial charge in [-0.1, -0.05) is 44.4 Å². The van der Waals surface area contributed by atoms with Crippen LogP contribution in [0, 0.1) is 11.8 Å². The van der Waals surface area contributed by atoms with Gasteiger partial charge in [0.15, 0.2) is 0 Å². The van der Waals surface area contributed by atoms with E-state index < -0.39 is 0 Å². The molecule has 3 atom stereocenters. The molecule has 1 aromatic carbocycles. The van der Waals surface area contributed by atoms with Gasteiger partial charge in [-0.05, 0) is 49.2 Å². The first-order valence-corrected chi connectivity index (χ1v) is 8.79. The number of thiophene rings is 1. The third kappa shape index (κ3) is 2.77. The summed E-state index contributed by atoms with van der Waals surface area (Å²) in [6.07, 6.45) is 6.98. The van der Waals surface area contributed by atoms with E-state index in [1.54, 1.807) is 0 Å². The number of hydrogen-bond acceptors (Lipinski definition) is 2. The molecular formula is C18H25NS. The zero-order valence-electron chi connectivity index (χ0n) is 12.6. The van der Waals surface area contributed by atoms with E-state index in [1.807, 2.05) is 11.3 Å². The topological polar surface area (TPSA) is 12.0 Å². The minimum atomic E-state index is 0.543. The van der Waals surface area contributed by atoms with E-state index in [4.69, 9.17) is 0 Å². The summed E-state index contributed by atoms with van der Waals surface area (Å²) in [4.78, 5) is 1.52. The average molecular weight is 287 g/mol. The Kier molecular flexibility index (Phi) is 4.42. The molecule has 1 aromatic heterocycles. The van der Waals surface area contributed by atoms with Gasteiger partial charge in [0.25, 0.3) is 0 Å². The largest absolute Gasteiger partial charge is 0.312 e. The SMILES string of the molecule is CCC1CCCC(C(NC)c2cc3ccccc3s2)C1. The maximum absolute atomic E-state index is 3.60. The monoisotopic (exact) mass is 287 g/mol. The molecule has 2 aromatic rings. The van der Waals surface area contributed by atoms with Crippen molar-refractivity contribution in [2.24, 2.45) is 11.8 Å². The molecule has 108 valence electrons. The molecule has 0 aliphatic heterocycles. The third-order valence-corrected chi connectivity index (χ3v) is 6.13. The Labute approximate surface area is 126 Å². The molecule has 1 saturated carbocycles. The van der Waals surface area contributed by atoms with Gasteiger partial charge in [0.05, 0.1) is 0 Å². The predicted molar refractivity (Wildman–Crippen MR) is 89.4 cm³/mol. The van der Waals surface area contributed by atoms with E-state index in [9.17, 15) is 0 Å². The summed E-state index contributed by atoms with van der Waals surface area (Å²) in [5.41, 5.74) is 0. The Bertz CT molecular complexity index is 526. The maximum Gasteiger partial charge on any atom is 0.0441 e. The Morgan fingerprint density at radius 3 is 2.90 bits per heavy atom. The molecule has 0 spiro atoms. The normalized spacial score (nSPS) is 24.9. The number of fused-ring (bicyclic) bond motifs is 1. The lowest BCUT2D eigenvalue weighted by Gasteiger charge is -2.33. The van der Waals surface area contributed by atoms with Crippen LogP contribution in [-0.2, 0) is 0 Å². The molecule has 1 aliphatic rings. The van der Waals surface area contributed by atoms with Gasteiger partial charge in [0.2, 0.25) is 0 Å². The highest BCUT2D eigenvalue weighted by Crippen LogP contribution is 2.41. The first-order valence-electron chi connectivity index (χ1n) is 7.97. The molecule has 2 heteroatoms. The van der Waals surface area contributed by atoms with Crippen molar-refractivity contribution in [3.05, 3.63) is 35.2 Å². The fraction of sp³-hybridized carbons (Fsp3) is 0.556. The molecule has 20 heavy (non-hydrogen) atoms. The van der Waals surface area contributed by atoms with Crippen LogP contribution in [0.1, 0.15) is 49.9 Å². The van der Waals surface area contributed by atoms with Gasteiger partial charge in [-0.2, -0.15) is 0 Å². The van der Waals surface area contributed by atoms with E-state index in [-0.39, 0.29) is 0 Å². The van der Waals surface area contributed by atoms with Crippen molar-refractivity contribution in [1.82, 2.24) is 5.32 Å². The van der Waals surface area contributed by atoms with Crippen LogP contribution in [0.5, 0.6) is 0 Å². The molecule has 1 fully saturated rings. The van der Waals surface area contributed by atoms with Crippen LogP contribution in [-0.4, -0.2) is 7.05 Å². The molecule has 3 rings (SSSR count). The zero-order chi connectivity index (χ0) is 13.9. The van der Waals surface area contributed by atoms with Crippen LogP contribution in [0.4, 0.5) is 0 Å². The van der Waals surface area contributed by atoms with E-state index in [0.717, 1.165) is 11.8 Å². The van der Waals surface area contributed by atoms with E-state index >= 15 is 0 Å². The summed E-state index contributed by atoms with van der Waals surface area (Å²) >= 11 is 1.97. The highest BCUT2D eigenvalue weighted by molar-refractivity contribution is 7.19.